The van der Waals surface area contributed by atoms with Gasteiger partial charge in [0.15, 0.2) is 5.03 Å². The SMILES string of the molecule is CCn1cc(S(=O)(=O)NCc2nc3ccccc3[nH]2)nc1C. The number of benzene rings is 1. The molecule has 0 atom stereocenters. The van der Waals surface area contributed by atoms with Gasteiger partial charge in [-0.2, -0.15) is 0 Å². The van der Waals surface area contributed by atoms with Crippen LogP contribution in [0.4, 0.5) is 0 Å². The summed E-state index contributed by atoms with van der Waals surface area (Å²) in [5.74, 6) is 1.24. The highest BCUT2D eigenvalue weighted by Crippen LogP contribution is 2.12. The lowest BCUT2D eigenvalue weighted by molar-refractivity contribution is 0.576. The molecule has 3 aromatic rings. The Bertz CT molecular complexity index is 877. The second-order valence-corrected chi connectivity index (χ2v) is 6.65. The molecule has 0 bridgehead atoms. The smallest absolute Gasteiger partial charge is 0.259 e. The van der Waals surface area contributed by atoms with Gasteiger partial charge in [-0.15, -0.1) is 0 Å². The van der Waals surface area contributed by atoms with Crippen molar-refractivity contribution in [2.45, 2.75) is 32.0 Å². The van der Waals surface area contributed by atoms with Crippen molar-refractivity contribution in [2.75, 3.05) is 0 Å². The first-order valence-corrected chi connectivity index (χ1v) is 8.45. The summed E-state index contributed by atoms with van der Waals surface area (Å²) in [7, 11) is -3.65. The van der Waals surface area contributed by atoms with Crippen LogP contribution in [0.1, 0.15) is 18.6 Å². The summed E-state index contributed by atoms with van der Waals surface area (Å²) in [5.41, 5.74) is 1.69. The van der Waals surface area contributed by atoms with E-state index >= 15 is 0 Å². The normalized spacial score (nSPS) is 12.1. The van der Waals surface area contributed by atoms with E-state index in [1.807, 2.05) is 31.2 Å². The monoisotopic (exact) mass is 319 g/mol. The quantitative estimate of drug-likeness (QED) is 0.746. The lowest BCUT2D eigenvalue weighted by atomic mass is 10.3. The number of nitrogens with one attached hydrogen (secondary N) is 2. The summed E-state index contributed by atoms with van der Waals surface area (Å²) < 4.78 is 28.9. The average Bonchev–Trinajstić information content (AvgIpc) is 3.08. The zero-order valence-electron chi connectivity index (χ0n) is 12.4. The second-order valence-electron chi connectivity index (χ2n) is 4.94. The Labute approximate surface area is 128 Å². The van der Waals surface area contributed by atoms with E-state index in [-0.39, 0.29) is 11.6 Å². The van der Waals surface area contributed by atoms with E-state index in [0.29, 0.717) is 18.2 Å². The average molecular weight is 319 g/mol. The third-order valence-electron chi connectivity index (χ3n) is 3.44. The van der Waals surface area contributed by atoms with E-state index in [1.54, 1.807) is 11.5 Å². The van der Waals surface area contributed by atoms with Gasteiger partial charge in [0.25, 0.3) is 10.0 Å². The van der Waals surface area contributed by atoms with Crippen LogP contribution in [0.5, 0.6) is 0 Å². The fourth-order valence-electron chi connectivity index (χ4n) is 2.26. The molecule has 0 aliphatic carbocycles. The van der Waals surface area contributed by atoms with Gasteiger partial charge in [-0.25, -0.2) is 23.1 Å². The highest BCUT2D eigenvalue weighted by molar-refractivity contribution is 7.89. The van der Waals surface area contributed by atoms with Crippen LogP contribution < -0.4 is 4.72 Å². The van der Waals surface area contributed by atoms with Gasteiger partial charge in [-0.3, -0.25) is 0 Å². The van der Waals surface area contributed by atoms with Crippen LogP contribution in [0.25, 0.3) is 11.0 Å². The van der Waals surface area contributed by atoms with Crippen LogP contribution in [0.2, 0.25) is 0 Å². The van der Waals surface area contributed by atoms with Crippen molar-refractivity contribution in [3.8, 4) is 0 Å². The minimum atomic E-state index is -3.65. The third kappa shape index (κ3) is 2.75. The lowest BCUT2D eigenvalue weighted by Gasteiger charge is -2.01. The van der Waals surface area contributed by atoms with Crippen molar-refractivity contribution in [1.29, 1.82) is 0 Å². The van der Waals surface area contributed by atoms with E-state index in [1.165, 1.54) is 6.20 Å². The first kappa shape index (κ1) is 14.7. The zero-order valence-corrected chi connectivity index (χ0v) is 13.2. The third-order valence-corrected chi connectivity index (χ3v) is 4.71. The van der Waals surface area contributed by atoms with Gasteiger partial charge in [0.1, 0.15) is 11.6 Å². The first-order chi connectivity index (χ1) is 10.5. The van der Waals surface area contributed by atoms with Crippen molar-refractivity contribution < 1.29 is 8.42 Å². The Morgan fingerprint density at radius 1 is 1.27 bits per heavy atom. The number of aromatic amines is 1. The molecule has 116 valence electrons. The predicted molar refractivity (Wildman–Crippen MR) is 82.8 cm³/mol. The summed E-state index contributed by atoms with van der Waals surface area (Å²) >= 11 is 0. The second kappa shape index (κ2) is 5.54. The molecule has 7 nitrogen and oxygen atoms in total. The van der Waals surface area contributed by atoms with Gasteiger partial charge >= 0.3 is 0 Å². The molecule has 0 fully saturated rings. The number of hydrogen-bond donors (Lipinski definition) is 2. The molecule has 0 saturated heterocycles. The topological polar surface area (TPSA) is 92.7 Å². The van der Waals surface area contributed by atoms with Crippen LogP contribution in [0.15, 0.2) is 35.5 Å². The van der Waals surface area contributed by atoms with Crippen molar-refractivity contribution >= 4 is 21.1 Å². The van der Waals surface area contributed by atoms with E-state index < -0.39 is 10.0 Å². The zero-order chi connectivity index (χ0) is 15.7. The Morgan fingerprint density at radius 2 is 2.05 bits per heavy atom. The Kier molecular flexibility index (Phi) is 3.71. The number of nitrogens with zero attached hydrogens (tertiary/aromatic N) is 3. The number of fused-ring (bicyclic) bond motifs is 1. The van der Waals surface area contributed by atoms with Crippen molar-refractivity contribution in [3.05, 3.63) is 42.1 Å². The van der Waals surface area contributed by atoms with Gasteiger partial charge in [0.05, 0.1) is 17.6 Å². The summed E-state index contributed by atoms with van der Waals surface area (Å²) in [6.45, 7) is 4.49. The molecular weight excluding hydrogens is 302 g/mol. The number of hydrogen-bond acceptors (Lipinski definition) is 4. The standard InChI is InChI=1S/C14H17N5O2S/c1-3-19-9-14(16-10(19)2)22(20,21)15-8-13-17-11-6-4-5-7-12(11)18-13/h4-7,9,15H,3,8H2,1-2H3,(H,17,18). The molecule has 2 aromatic heterocycles. The molecule has 22 heavy (non-hydrogen) atoms. The summed E-state index contributed by atoms with van der Waals surface area (Å²) in [6, 6.07) is 7.55. The maximum absolute atomic E-state index is 12.3. The Morgan fingerprint density at radius 3 is 2.73 bits per heavy atom. The minimum Gasteiger partial charge on any atom is -0.341 e. The number of aryl methyl sites for hydroxylation is 2. The van der Waals surface area contributed by atoms with E-state index in [9.17, 15) is 8.42 Å². The lowest BCUT2D eigenvalue weighted by Crippen LogP contribution is -2.24. The molecule has 0 aliphatic heterocycles. The first-order valence-electron chi connectivity index (χ1n) is 6.96. The van der Waals surface area contributed by atoms with Gasteiger partial charge < -0.3 is 9.55 Å². The number of imidazole rings is 2. The van der Waals surface area contributed by atoms with Crippen LogP contribution in [-0.4, -0.2) is 27.9 Å². The van der Waals surface area contributed by atoms with Crippen molar-refractivity contribution in [2.24, 2.45) is 0 Å². The number of rotatable bonds is 5. The van der Waals surface area contributed by atoms with Crippen molar-refractivity contribution in [3.63, 3.8) is 0 Å². The molecule has 0 spiro atoms. The molecule has 8 heteroatoms. The molecule has 0 amide bonds. The molecule has 0 saturated carbocycles. The van der Waals surface area contributed by atoms with Crippen LogP contribution in [0.3, 0.4) is 0 Å². The fourth-order valence-corrected chi connectivity index (χ4v) is 3.25. The molecular formula is C14H17N5O2S. The van der Waals surface area contributed by atoms with E-state index in [2.05, 4.69) is 19.7 Å². The molecule has 1 aromatic carbocycles. The van der Waals surface area contributed by atoms with Crippen LogP contribution >= 0.6 is 0 Å². The highest BCUT2D eigenvalue weighted by atomic mass is 32.2. The number of H-pyrrole nitrogens is 1. The van der Waals surface area contributed by atoms with Gasteiger partial charge in [-0.1, -0.05) is 12.1 Å². The number of para-hydroxylation sites is 2. The molecule has 0 aliphatic rings. The molecule has 2 heterocycles. The number of aromatic nitrogens is 4. The predicted octanol–water partition coefficient (Wildman–Crippen LogP) is 1.57. The van der Waals surface area contributed by atoms with Gasteiger partial charge in [0, 0.05) is 12.7 Å². The maximum Gasteiger partial charge on any atom is 0.259 e. The molecule has 0 unspecified atom stereocenters. The van der Waals surface area contributed by atoms with Crippen LogP contribution in [0, 0.1) is 6.92 Å². The largest absolute Gasteiger partial charge is 0.341 e. The Balaban J connectivity index is 1.79. The molecule has 0 radical (unpaired) electrons. The maximum atomic E-state index is 12.3. The highest BCUT2D eigenvalue weighted by Gasteiger charge is 2.19. The summed E-state index contributed by atoms with van der Waals surface area (Å²) in [5, 5.41) is 0.0305. The van der Waals surface area contributed by atoms with Crippen molar-refractivity contribution in [1.82, 2.24) is 24.2 Å². The van der Waals surface area contributed by atoms with E-state index in [4.69, 9.17) is 0 Å². The van der Waals surface area contributed by atoms with Crippen LogP contribution in [-0.2, 0) is 23.1 Å². The Hall–Kier alpha value is -2.19. The fraction of sp³-hybridized carbons (Fsp3) is 0.286. The molecule has 2 N–H and O–H groups in total. The van der Waals surface area contributed by atoms with Gasteiger partial charge in [0.2, 0.25) is 0 Å². The number of sulfonamides is 1. The minimum absolute atomic E-state index is 0.0305. The van der Waals surface area contributed by atoms with Gasteiger partial charge in [-0.05, 0) is 26.0 Å². The summed E-state index contributed by atoms with van der Waals surface area (Å²) in [6.07, 6.45) is 1.54. The summed E-state index contributed by atoms with van der Waals surface area (Å²) in [4.78, 5) is 11.5. The molecule has 3 rings (SSSR count). The van der Waals surface area contributed by atoms with E-state index in [0.717, 1.165) is 11.0 Å².